The number of para-hydroxylation sites is 1. The lowest BCUT2D eigenvalue weighted by atomic mass is 10.0. The average Bonchev–Trinajstić information content (AvgIpc) is 3.28. The number of rotatable bonds is 6. The normalized spacial score (nSPS) is 15.8. The van der Waals surface area contributed by atoms with E-state index in [1.807, 2.05) is 25.1 Å². The van der Waals surface area contributed by atoms with Gasteiger partial charge in [0.25, 0.3) is 0 Å². The number of nitrogens with zero attached hydrogens (tertiary/aromatic N) is 2. The molecule has 0 aliphatic carbocycles. The van der Waals surface area contributed by atoms with Gasteiger partial charge in [-0.2, -0.15) is 0 Å². The number of aryl methyl sites for hydroxylation is 1. The van der Waals surface area contributed by atoms with Crippen molar-refractivity contribution in [3.05, 3.63) is 40.9 Å². The van der Waals surface area contributed by atoms with Crippen molar-refractivity contribution in [3.8, 4) is 5.75 Å². The summed E-state index contributed by atoms with van der Waals surface area (Å²) in [7, 11) is 1.69. The molecule has 1 unspecified atom stereocenters. The zero-order chi connectivity index (χ0) is 17.6. The highest BCUT2D eigenvalue weighted by Crippen LogP contribution is 2.31. The highest BCUT2D eigenvalue weighted by molar-refractivity contribution is 7.15. The maximum atomic E-state index is 12.2. The Balaban J connectivity index is 1.68. The van der Waals surface area contributed by atoms with Crippen molar-refractivity contribution < 1.29 is 9.53 Å². The molecule has 0 saturated carbocycles. The molecule has 0 spiro atoms. The van der Waals surface area contributed by atoms with Crippen LogP contribution in [-0.4, -0.2) is 42.7 Å². The number of urea groups is 1. The Kier molecular flexibility index (Phi) is 5.88. The number of nitrogens with one attached hydrogen (secondary N) is 2. The summed E-state index contributed by atoms with van der Waals surface area (Å²) in [6.07, 6.45) is 4.13. The van der Waals surface area contributed by atoms with Gasteiger partial charge in [0, 0.05) is 23.2 Å². The second kappa shape index (κ2) is 8.31. The van der Waals surface area contributed by atoms with E-state index in [1.54, 1.807) is 13.3 Å². The Hall–Kier alpha value is -2.12. The number of ether oxygens (including phenoxy) is 1. The lowest BCUT2D eigenvalue weighted by Gasteiger charge is -2.29. The van der Waals surface area contributed by atoms with E-state index in [-0.39, 0.29) is 12.1 Å². The number of benzene rings is 1. The van der Waals surface area contributed by atoms with Crippen LogP contribution in [0, 0.1) is 6.92 Å². The van der Waals surface area contributed by atoms with Gasteiger partial charge >= 0.3 is 6.03 Å². The SMILES string of the molecule is COc1ccccc1C(CNC(=O)Nc1ncc(C)s1)N1CCCC1. The maximum Gasteiger partial charge on any atom is 0.321 e. The summed E-state index contributed by atoms with van der Waals surface area (Å²) in [5, 5.41) is 6.40. The molecule has 7 heteroatoms. The summed E-state index contributed by atoms with van der Waals surface area (Å²) in [5.41, 5.74) is 1.11. The number of likely N-dealkylation sites (tertiary alicyclic amines) is 1. The molecule has 1 aromatic carbocycles. The van der Waals surface area contributed by atoms with Crippen LogP contribution in [0.1, 0.15) is 29.3 Å². The Morgan fingerprint density at radius 2 is 2.12 bits per heavy atom. The summed E-state index contributed by atoms with van der Waals surface area (Å²) < 4.78 is 5.53. The van der Waals surface area contributed by atoms with Crippen molar-refractivity contribution in [2.24, 2.45) is 0 Å². The molecule has 25 heavy (non-hydrogen) atoms. The fourth-order valence-corrected chi connectivity index (χ4v) is 3.83. The number of hydrogen-bond donors (Lipinski definition) is 2. The molecule has 3 rings (SSSR count). The second-order valence-electron chi connectivity index (χ2n) is 6.11. The van der Waals surface area contributed by atoms with Crippen LogP contribution >= 0.6 is 11.3 Å². The zero-order valence-corrected chi connectivity index (χ0v) is 15.4. The highest BCUT2D eigenvalue weighted by Gasteiger charge is 2.26. The van der Waals surface area contributed by atoms with E-state index < -0.39 is 0 Å². The number of thiazole rings is 1. The minimum absolute atomic E-state index is 0.0995. The summed E-state index contributed by atoms with van der Waals surface area (Å²) in [6, 6.07) is 7.90. The van der Waals surface area contributed by atoms with Crippen LogP contribution in [-0.2, 0) is 0 Å². The van der Waals surface area contributed by atoms with Gasteiger partial charge in [-0.1, -0.05) is 18.2 Å². The van der Waals surface area contributed by atoms with Crippen molar-refractivity contribution in [1.82, 2.24) is 15.2 Å². The van der Waals surface area contributed by atoms with Gasteiger partial charge in [0.05, 0.1) is 13.2 Å². The van der Waals surface area contributed by atoms with E-state index in [4.69, 9.17) is 4.74 Å². The predicted octanol–water partition coefficient (Wildman–Crippen LogP) is 3.42. The first-order chi connectivity index (χ1) is 12.2. The van der Waals surface area contributed by atoms with Crippen LogP contribution in [0.4, 0.5) is 9.93 Å². The molecule has 1 aliphatic rings. The summed E-state index contributed by atoms with van der Waals surface area (Å²) in [5.74, 6) is 0.858. The first-order valence-corrected chi connectivity index (χ1v) is 9.33. The Bertz CT molecular complexity index is 713. The minimum atomic E-state index is -0.228. The fraction of sp³-hybridized carbons (Fsp3) is 0.444. The van der Waals surface area contributed by atoms with Crippen molar-refractivity contribution in [2.75, 3.05) is 32.1 Å². The van der Waals surface area contributed by atoms with Crippen LogP contribution in [0.15, 0.2) is 30.5 Å². The summed E-state index contributed by atoms with van der Waals surface area (Å²) >= 11 is 1.46. The Labute approximate surface area is 152 Å². The second-order valence-corrected chi connectivity index (χ2v) is 7.35. The predicted molar refractivity (Wildman–Crippen MR) is 100 cm³/mol. The molecule has 134 valence electrons. The van der Waals surface area contributed by atoms with Crippen LogP contribution < -0.4 is 15.4 Å². The van der Waals surface area contributed by atoms with E-state index in [0.717, 1.165) is 29.3 Å². The Morgan fingerprint density at radius 3 is 2.80 bits per heavy atom. The maximum absolute atomic E-state index is 12.2. The molecule has 1 aromatic heterocycles. The third-order valence-corrected chi connectivity index (χ3v) is 5.21. The largest absolute Gasteiger partial charge is 0.496 e. The Morgan fingerprint density at radius 1 is 1.36 bits per heavy atom. The van der Waals surface area contributed by atoms with Gasteiger partial charge in [-0.3, -0.25) is 10.2 Å². The number of carbonyl (C=O) groups excluding carboxylic acids is 1. The van der Waals surface area contributed by atoms with Crippen molar-refractivity contribution in [1.29, 1.82) is 0 Å². The fourth-order valence-electron chi connectivity index (χ4n) is 3.17. The van der Waals surface area contributed by atoms with Gasteiger partial charge in [-0.15, -0.1) is 11.3 Å². The molecule has 2 heterocycles. The standard InChI is InChI=1S/C18H24N4O2S/c1-13-11-20-18(25-13)21-17(23)19-12-15(22-9-5-6-10-22)14-7-3-4-8-16(14)24-2/h3-4,7-8,11,15H,5-6,9-10,12H2,1-2H3,(H2,19,20,21,23). The number of anilines is 1. The van der Waals surface area contributed by atoms with Crippen LogP contribution in [0.3, 0.4) is 0 Å². The first kappa shape index (κ1) is 17.7. The quantitative estimate of drug-likeness (QED) is 0.828. The van der Waals surface area contributed by atoms with Gasteiger partial charge < -0.3 is 10.1 Å². The zero-order valence-electron chi connectivity index (χ0n) is 14.6. The topological polar surface area (TPSA) is 66.5 Å². The minimum Gasteiger partial charge on any atom is -0.496 e. The van der Waals surface area contributed by atoms with Gasteiger partial charge in [0.1, 0.15) is 5.75 Å². The molecule has 2 N–H and O–H groups in total. The van der Waals surface area contributed by atoms with E-state index in [2.05, 4.69) is 26.6 Å². The van der Waals surface area contributed by atoms with Crippen molar-refractivity contribution in [3.63, 3.8) is 0 Å². The number of methoxy groups -OCH3 is 1. The molecule has 1 saturated heterocycles. The van der Waals surface area contributed by atoms with Crippen molar-refractivity contribution >= 4 is 22.5 Å². The molecular formula is C18H24N4O2S. The van der Waals surface area contributed by atoms with Crippen molar-refractivity contribution in [2.45, 2.75) is 25.8 Å². The monoisotopic (exact) mass is 360 g/mol. The number of aromatic nitrogens is 1. The lowest BCUT2D eigenvalue weighted by Crippen LogP contribution is -2.38. The molecular weight excluding hydrogens is 336 g/mol. The molecule has 1 fully saturated rings. The molecule has 2 amide bonds. The van der Waals surface area contributed by atoms with Crippen LogP contribution in [0.25, 0.3) is 0 Å². The van der Waals surface area contributed by atoms with E-state index in [9.17, 15) is 4.79 Å². The van der Waals surface area contributed by atoms with Gasteiger partial charge in [0.2, 0.25) is 0 Å². The van der Waals surface area contributed by atoms with Gasteiger partial charge in [-0.25, -0.2) is 9.78 Å². The van der Waals surface area contributed by atoms with E-state index in [1.165, 1.54) is 24.2 Å². The van der Waals surface area contributed by atoms with Crippen LogP contribution in [0.5, 0.6) is 5.75 Å². The summed E-state index contributed by atoms with van der Waals surface area (Å²) in [4.78, 5) is 19.9. The molecule has 1 aliphatic heterocycles. The molecule has 1 atom stereocenters. The smallest absolute Gasteiger partial charge is 0.321 e. The number of carbonyl (C=O) groups is 1. The van der Waals surface area contributed by atoms with Crippen LogP contribution in [0.2, 0.25) is 0 Å². The number of amides is 2. The third-order valence-electron chi connectivity index (χ3n) is 4.38. The average molecular weight is 360 g/mol. The van der Waals surface area contributed by atoms with Gasteiger partial charge in [-0.05, 0) is 38.9 Å². The highest BCUT2D eigenvalue weighted by atomic mass is 32.1. The third kappa shape index (κ3) is 4.49. The molecule has 2 aromatic rings. The molecule has 0 radical (unpaired) electrons. The molecule has 6 nitrogen and oxygen atoms in total. The van der Waals surface area contributed by atoms with Gasteiger partial charge in [0.15, 0.2) is 5.13 Å². The first-order valence-electron chi connectivity index (χ1n) is 8.51. The molecule has 0 bridgehead atoms. The van der Waals surface area contributed by atoms with E-state index >= 15 is 0 Å². The number of hydrogen-bond acceptors (Lipinski definition) is 5. The van der Waals surface area contributed by atoms with E-state index in [0.29, 0.717) is 11.7 Å². The summed E-state index contributed by atoms with van der Waals surface area (Å²) in [6.45, 7) is 4.57. The lowest BCUT2D eigenvalue weighted by molar-refractivity contribution is 0.224.